The summed E-state index contributed by atoms with van der Waals surface area (Å²) >= 11 is 0. The number of nitrogens with one attached hydrogen (secondary N) is 3. The quantitative estimate of drug-likeness (QED) is 0.531. The maximum Gasteiger partial charge on any atom is 0.323 e. The predicted molar refractivity (Wildman–Crippen MR) is 114 cm³/mol. The highest BCUT2D eigenvalue weighted by Crippen LogP contribution is 2.20. The summed E-state index contributed by atoms with van der Waals surface area (Å²) in [5, 5.41) is 8.30. The number of nitrogen functional groups attached to an aromatic ring is 1. The standard InChI is InChI=1S/C21H22N6O2/c1-13(2)25-20(28)15-4-3-5-17(10-15)27-21(29)26-16-8-6-14(7-9-16)18-11-19(22)24-12-23-18/h3-13H,1-2H3,(H,25,28)(H2,22,23,24)(H2,26,27,29). The minimum absolute atomic E-state index is 0.0316. The van der Waals surface area contributed by atoms with Crippen molar-refractivity contribution in [2.24, 2.45) is 0 Å². The van der Waals surface area contributed by atoms with Crippen molar-refractivity contribution in [3.8, 4) is 11.3 Å². The summed E-state index contributed by atoms with van der Waals surface area (Å²) in [5.74, 6) is 0.200. The minimum atomic E-state index is -0.412. The van der Waals surface area contributed by atoms with Gasteiger partial charge in [0, 0.05) is 34.6 Å². The third-order valence-corrected chi connectivity index (χ3v) is 3.93. The molecule has 8 nitrogen and oxygen atoms in total. The summed E-state index contributed by atoms with van der Waals surface area (Å²) in [7, 11) is 0. The fourth-order valence-corrected chi connectivity index (χ4v) is 2.63. The second kappa shape index (κ2) is 8.83. The van der Waals surface area contributed by atoms with E-state index in [1.165, 1.54) is 6.33 Å². The lowest BCUT2D eigenvalue weighted by molar-refractivity contribution is 0.0943. The SMILES string of the molecule is CC(C)NC(=O)c1cccc(NC(=O)Nc2ccc(-c3cc(N)ncn3)cc2)c1. The number of amides is 3. The number of anilines is 3. The van der Waals surface area contributed by atoms with Crippen molar-refractivity contribution in [1.82, 2.24) is 15.3 Å². The summed E-state index contributed by atoms with van der Waals surface area (Å²) in [6, 6.07) is 15.2. The Morgan fingerprint density at radius 3 is 2.34 bits per heavy atom. The molecule has 0 bridgehead atoms. The van der Waals surface area contributed by atoms with Gasteiger partial charge in [-0.1, -0.05) is 18.2 Å². The van der Waals surface area contributed by atoms with Gasteiger partial charge in [0.2, 0.25) is 0 Å². The highest BCUT2D eigenvalue weighted by Gasteiger charge is 2.09. The molecular formula is C21H22N6O2. The minimum Gasteiger partial charge on any atom is -0.384 e. The largest absolute Gasteiger partial charge is 0.384 e. The third-order valence-electron chi connectivity index (χ3n) is 3.93. The Hall–Kier alpha value is -3.94. The first-order chi connectivity index (χ1) is 13.9. The van der Waals surface area contributed by atoms with Crippen LogP contribution < -0.4 is 21.7 Å². The number of carbonyl (C=O) groups is 2. The van der Waals surface area contributed by atoms with E-state index in [4.69, 9.17) is 5.73 Å². The van der Waals surface area contributed by atoms with E-state index < -0.39 is 6.03 Å². The van der Waals surface area contributed by atoms with Crippen molar-refractivity contribution in [3.05, 3.63) is 66.5 Å². The van der Waals surface area contributed by atoms with Gasteiger partial charge in [-0.2, -0.15) is 0 Å². The van der Waals surface area contributed by atoms with E-state index in [9.17, 15) is 9.59 Å². The lowest BCUT2D eigenvalue weighted by Crippen LogP contribution is -2.30. The molecule has 0 radical (unpaired) electrons. The number of nitrogens with two attached hydrogens (primary N) is 1. The van der Waals surface area contributed by atoms with E-state index in [-0.39, 0.29) is 11.9 Å². The Morgan fingerprint density at radius 2 is 1.66 bits per heavy atom. The van der Waals surface area contributed by atoms with Gasteiger partial charge in [0.1, 0.15) is 12.1 Å². The van der Waals surface area contributed by atoms with E-state index in [0.717, 1.165) is 5.56 Å². The molecule has 3 amide bonds. The normalized spacial score (nSPS) is 10.4. The Labute approximate surface area is 168 Å². The molecule has 3 aromatic rings. The third kappa shape index (κ3) is 5.52. The monoisotopic (exact) mass is 390 g/mol. The van der Waals surface area contributed by atoms with Crippen LogP contribution in [-0.4, -0.2) is 27.9 Å². The van der Waals surface area contributed by atoms with Crippen LogP contribution >= 0.6 is 0 Å². The van der Waals surface area contributed by atoms with Gasteiger partial charge >= 0.3 is 6.03 Å². The van der Waals surface area contributed by atoms with Gasteiger partial charge in [0.15, 0.2) is 0 Å². The molecule has 8 heteroatoms. The average Bonchev–Trinajstić information content (AvgIpc) is 2.68. The van der Waals surface area contributed by atoms with E-state index in [0.29, 0.717) is 28.5 Å². The molecule has 0 atom stereocenters. The summed E-state index contributed by atoms with van der Waals surface area (Å²) in [4.78, 5) is 32.4. The zero-order valence-electron chi connectivity index (χ0n) is 16.1. The summed E-state index contributed by atoms with van der Waals surface area (Å²) in [6.07, 6.45) is 1.40. The van der Waals surface area contributed by atoms with Crippen molar-refractivity contribution in [2.45, 2.75) is 19.9 Å². The van der Waals surface area contributed by atoms with E-state index in [1.807, 2.05) is 26.0 Å². The highest BCUT2D eigenvalue weighted by molar-refractivity contribution is 6.01. The molecule has 0 spiro atoms. The first-order valence-electron chi connectivity index (χ1n) is 9.07. The highest BCUT2D eigenvalue weighted by atomic mass is 16.2. The van der Waals surface area contributed by atoms with Crippen molar-refractivity contribution >= 4 is 29.1 Å². The Bertz CT molecular complexity index is 1020. The van der Waals surface area contributed by atoms with Gasteiger partial charge in [0.25, 0.3) is 5.91 Å². The van der Waals surface area contributed by atoms with E-state index in [2.05, 4.69) is 25.9 Å². The number of nitrogens with zero attached hydrogens (tertiary/aromatic N) is 2. The molecule has 5 N–H and O–H groups in total. The topological polar surface area (TPSA) is 122 Å². The number of hydrogen-bond donors (Lipinski definition) is 4. The molecule has 0 aliphatic carbocycles. The Kier molecular flexibility index (Phi) is 6.03. The molecule has 148 valence electrons. The van der Waals surface area contributed by atoms with E-state index in [1.54, 1.807) is 42.5 Å². The molecule has 0 aliphatic heterocycles. The van der Waals surface area contributed by atoms with E-state index >= 15 is 0 Å². The van der Waals surface area contributed by atoms with Gasteiger partial charge in [-0.3, -0.25) is 4.79 Å². The maximum absolute atomic E-state index is 12.3. The second-order valence-electron chi connectivity index (χ2n) is 6.69. The van der Waals surface area contributed by atoms with Crippen LogP contribution in [0.1, 0.15) is 24.2 Å². The number of rotatable bonds is 5. The van der Waals surface area contributed by atoms with Gasteiger partial charge in [0.05, 0.1) is 5.69 Å². The van der Waals surface area contributed by atoms with Crippen LogP contribution in [0.25, 0.3) is 11.3 Å². The average molecular weight is 390 g/mol. The molecule has 1 heterocycles. The molecule has 29 heavy (non-hydrogen) atoms. The number of urea groups is 1. The Balaban J connectivity index is 1.63. The Morgan fingerprint density at radius 1 is 0.931 bits per heavy atom. The molecule has 0 saturated heterocycles. The summed E-state index contributed by atoms with van der Waals surface area (Å²) < 4.78 is 0. The molecule has 3 rings (SSSR count). The number of benzene rings is 2. The number of carbonyl (C=O) groups excluding carboxylic acids is 2. The second-order valence-corrected chi connectivity index (χ2v) is 6.69. The van der Waals surface area contributed by atoms with Gasteiger partial charge < -0.3 is 21.7 Å². The molecule has 1 aromatic heterocycles. The van der Waals surface area contributed by atoms with Crippen molar-refractivity contribution in [1.29, 1.82) is 0 Å². The summed E-state index contributed by atoms with van der Waals surface area (Å²) in [5.41, 5.74) is 8.84. The smallest absolute Gasteiger partial charge is 0.323 e. The molecule has 0 saturated carbocycles. The van der Waals surface area contributed by atoms with Crippen LogP contribution in [0.3, 0.4) is 0 Å². The van der Waals surface area contributed by atoms with Crippen LogP contribution in [0.5, 0.6) is 0 Å². The number of aromatic nitrogens is 2. The van der Waals surface area contributed by atoms with Gasteiger partial charge in [-0.25, -0.2) is 14.8 Å². The van der Waals surface area contributed by atoms with Crippen molar-refractivity contribution in [2.75, 3.05) is 16.4 Å². The van der Waals surface area contributed by atoms with Crippen molar-refractivity contribution < 1.29 is 9.59 Å². The van der Waals surface area contributed by atoms with Crippen LogP contribution in [0, 0.1) is 0 Å². The zero-order chi connectivity index (χ0) is 20.8. The fraction of sp³-hybridized carbons (Fsp3) is 0.143. The maximum atomic E-state index is 12.3. The van der Waals surface area contributed by atoms with Crippen LogP contribution in [0.2, 0.25) is 0 Å². The van der Waals surface area contributed by atoms with Crippen LogP contribution in [0.4, 0.5) is 22.0 Å². The molecule has 0 fully saturated rings. The lowest BCUT2D eigenvalue weighted by Gasteiger charge is -2.11. The molecule has 2 aromatic carbocycles. The van der Waals surface area contributed by atoms with Gasteiger partial charge in [-0.05, 0) is 44.2 Å². The van der Waals surface area contributed by atoms with Gasteiger partial charge in [-0.15, -0.1) is 0 Å². The fourth-order valence-electron chi connectivity index (χ4n) is 2.63. The molecule has 0 unspecified atom stereocenters. The summed E-state index contributed by atoms with van der Waals surface area (Å²) in [6.45, 7) is 3.77. The van der Waals surface area contributed by atoms with Crippen LogP contribution in [-0.2, 0) is 0 Å². The lowest BCUT2D eigenvalue weighted by atomic mass is 10.1. The molecular weight excluding hydrogens is 368 g/mol. The predicted octanol–water partition coefficient (Wildman–Crippen LogP) is 3.51. The first-order valence-corrected chi connectivity index (χ1v) is 9.07. The van der Waals surface area contributed by atoms with Crippen molar-refractivity contribution in [3.63, 3.8) is 0 Å². The van der Waals surface area contributed by atoms with Crippen LogP contribution in [0.15, 0.2) is 60.9 Å². The zero-order valence-corrected chi connectivity index (χ0v) is 16.1. The number of hydrogen-bond acceptors (Lipinski definition) is 5. The molecule has 0 aliphatic rings. The first kappa shape index (κ1) is 19.8.